The average Bonchev–Trinajstić information content (AvgIpc) is 2.89. The second kappa shape index (κ2) is 5.57. The molecule has 0 saturated carbocycles. The molecule has 1 aromatic carbocycles. The second-order valence-electron chi connectivity index (χ2n) is 4.72. The monoisotopic (exact) mass is 344 g/mol. The largest absolute Gasteiger partial charge is 0.464 e. The summed E-state index contributed by atoms with van der Waals surface area (Å²) in [4.78, 5) is 4.27. The van der Waals surface area contributed by atoms with E-state index in [1.54, 1.807) is 31.3 Å². The zero-order valence-corrected chi connectivity index (χ0v) is 13.6. The van der Waals surface area contributed by atoms with Crippen molar-refractivity contribution in [2.75, 3.05) is 13.1 Å². The molecule has 1 aliphatic heterocycles. The van der Waals surface area contributed by atoms with Crippen molar-refractivity contribution in [1.29, 1.82) is 0 Å². The molecular formula is C13H13ClN2O3S2. The molecule has 112 valence electrons. The Morgan fingerprint density at radius 1 is 1.43 bits per heavy atom. The third kappa shape index (κ3) is 2.78. The van der Waals surface area contributed by atoms with Crippen LogP contribution in [0.25, 0.3) is 0 Å². The van der Waals surface area contributed by atoms with E-state index in [4.69, 9.17) is 16.3 Å². The van der Waals surface area contributed by atoms with Crippen LogP contribution in [-0.2, 0) is 10.0 Å². The summed E-state index contributed by atoms with van der Waals surface area (Å²) in [5.41, 5.74) is 0.573. The highest BCUT2D eigenvalue weighted by molar-refractivity contribution is 7.89. The fourth-order valence-corrected chi connectivity index (χ4v) is 4.62. The number of thiazole rings is 1. The van der Waals surface area contributed by atoms with Crippen LogP contribution in [0.5, 0.6) is 5.19 Å². The van der Waals surface area contributed by atoms with Gasteiger partial charge < -0.3 is 4.74 Å². The van der Waals surface area contributed by atoms with Crippen molar-refractivity contribution in [3.63, 3.8) is 0 Å². The summed E-state index contributed by atoms with van der Waals surface area (Å²) in [6.07, 6.45) is 1.51. The lowest BCUT2D eigenvalue weighted by Gasteiger charge is -2.37. The second-order valence-corrected chi connectivity index (χ2v) is 7.89. The normalized spacial score (nSPS) is 16.7. The van der Waals surface area contributed by atoms with Gasteiger partial charge in [0.1, 0.15) is 6.10 Å². The third-order valence-electron chi connectivity index (χ3n) is 3.33. The number of aromatic nitrogens is 1. The van der Waals surface area contributed by atoms with Crippen LogP contribution in [0.3, 0.4) is 0 Å². The van der Waals surface area contributed by atoms with Crippen LogP contribution >= 0.6 is 22.9 Å². The Morgan fingerprint density at radius 3 is 2.86 bits per heavy atom. The minimum atomic E-state index is -3.52. The first kappa shape index (κ1) is 14.8. The van der Waals surface area contributed by atoms with Crippen LogP contribution in [0.1, 0.15) is 5.56 Å². The molecule has 0 bridgehead atoms. The molecule has 0 spiro atoms. The smallest absolute Gasteiger partial charge is 0.273 e. The van der Waals surface area contributed by atoms with Crippen LogP contribution < -0.4 is 4.74 Å². The van der Waals surface area contributed by atoms with Gasteiger partial charge in [0.05, 0.1) is 18.0 Å². The van der Waals surface area contributed by atoms with Gasteiger partial charge in [-0.05, 0) is 24.6 Å². The zero-order chi connectivity index (χ0) is 15.0. The Morgan fingerprint density at radius 2 is 2.19 bits per heavy atom. The van der Waals surface area contributed by atoms with E-state index < -0.39 is 10.0 Å². The van der Waals surface area contributed by atoms with Crippen LogP contribution in [0, 0.1) is 6.92 Å². The van der Waals surface area contributed by atoms with Gasteiger partial charge in [0, 0.05) is 16.6 Å². The Labute approximate surface area is 132 Å². The predicted molar refractivity (Wildman–Crippen MR) is 81.5 cm³/mol. The highest BCUT2D eigenvalue weighted by atomic mass is 35.5. The summed E-state index contributed by atoms with van der Waals surface area (Å²) >= 11 is 7.39. The number of benzene rings is 1. The van der Waals surface area contributed by atoms with Gasteiger partial charge in [-0.25, -0.2) is 13.4 Å². The molecule has 2 heterocycles. The molecular weight excluding hydrogens is 332 g/mol. The first-order valence-electron chi connectivity index (χ1n) is 6.30. The van der Waals surface area contributed by atoms with E-state index in [2.05, 4.69) is 4.98 Å². The first-order valence-corrected chi connectivity index (χ1v) is 8.99. The van der Waals surface area contributed by atoms with Crippen molar-refractivity contribution in [2.45, 2.75) is 17.9 Å². The standard InChI is InChI=1S/C13H13ClN2O3S2/c1-9-11(14)3-2-4-12(9)21(17,18)16-7-10(8-16)19-13-15-5-6-20-13/h2-6,10H,7-8H2,1H3. The maximum absolute atomic E-state index is 12.5. The van der Waals surface area contributed by atoms with Crippen LogP contribution in [0.2, 0.25) is 5.02 Å². The average molecular weight is 345 g/mol. The Kier molecular flexibility index (Phi) is 3.92. The summed E-state index contributed by atoms with van der Waals surface area (Å²) < 4.78 is 32.0. The summed E-state index contributed by atoms with van der Waals surface area (Å²) in [6, 6.07) is 4.90. The van der Waals surface area contributed by atoms with E-state index in [0.29, 0.717) is 28.9 Å². The lowest BCUT2D eigenvalue weighted by Crippen LogP contribution is -2.56. The molecule has 21 heavy (non-hydrogen) atoms. The molecule has 0 radical (unpaired) electrons. The molecule has 0 unspecified atom stereocenters. The molecule has 8 heteroatoms. The predicted octanol–water partition coefficient (Wildman–Crippen LogP) is 2.56. The molecule has 1 saturated heterocycles. The number of nitrogens with zero attached hydrogens (tertiary/aromatic N) is 2. The third-order valence-corrected chi connectivity index (χ3v) is 6.37. The van der Waals surface area contributed by atoms with Gasteiger partial charge in [0.2, 0.25) is 10.0 Å². The molecule has 0 aliphatic carbocycles. The Bertz CT molecular complexity index is 741. The first-order chi connectivity index (χ1) is 9.98. The van der Waals surface area contributed by atoms with Gasteiger partial charge in [-0.1, -0.05) is 29.0 Å². The summed E-state index contributed by atoms with van der Waals surface area (Å²) in [6.45, 7) is 2.36. The number of hydrogen-bond donors (Lipinski definition) is 0. The molecule has 0 N–H and O–H groups in total. The van der Waals surface area contributed by atoms with E-state index in [-0.39, 0.29) is 11.0 Å². The van der Waals surface area contributed by atoms with Crippen LogP contribution in [0.4, 0.5) is 0 Å². The van der Waals surface area contributed by atoms with Gasteiger partial charge in [0.15, 0.2) is 0 Å². The van der Waals surface area contributed by atoms with Crippen molar-refractivity contribution in [3.05, 3.63) is 40.4 Å². The van der Waals surface area contributed by atoms with Gasteiger partial charge in [-0.2, -0.15) is 4.31 Å². The number of rotatable bonds is 4. The van der Waals surface area contributed by atoms with Crippen molar-refractivity contribution < 1.29 is 13.2 Å². The molecule has 5 nitrogen and oxygen atoms in total. The Balaban J connectivity index is 1.72. The lowest BCUT2D eigenvalue weighted by molar-refractivity contribution is 0.0759. The summed E-state index contributed by atoms with van der Waals surface area (Å²) in [7, 11) is -3.52. The Hall–Kier alpha value is -1.15. The lowest BCUT2D eigenvalue weighted by atomic mass is 10.2. The number of ether oxygens (including phenoxy) is 1. The van der Waals surface area contributed by atoms with Gasteiger partial charge in [-0.15, -0.1) is 0 Å². The number of halogens is 1. The molecule has 0 amide bonds. The van der Waals surface area contributed by atoms with Crippen molar-refractivity contribution in [3.8, 4) is 5.19 Å². The number of hydrogen-bond acceptors (Lipinski definition) is 5. The van der Waals surface area contributed by atoms with Crippen LogP contribution in [-0.4, -0.2) is 36.9 Å². The summed E-state index contributed by atoms with van der Waals surface area (Å²) in [5, 5.41) is 2.83. The maximum atomic E-state index is 12.5. The van der Waals surface area contributed by atoms with Gasteiger partial charge in [-0.3, -0.25) is 0 Å². The molecule has 0 atom stereocenters. The number of sulfonamides is 1. The molecule has 1 aliphatic rings. The van der Waals surface area contributed by atoms with Gasteiger partial charge >= 0.3 is 0 Å². The highest BCUT2D eigenvalue weighted by Crippen LogP contribution is 2.29. The van der Waals surface area contributed by atoms with Crippen molar-refractivity contribution in [2.24, 2.45) is 0 Å². The molecule has 1 aromatic heterocycles. The van der Waals surface area contributed by atoms with Crippen molar-refractivity contribution >= 4 is 33.0 Å². The fraction of sp³-hybridized carbons (Fsp3) is 0.308. The summed E-state index contributed by atoms with van der Waals surface area (Å²) in [5.74, 6) is 0. The molecule has 3 rings (SSSR count). The quantitative estimate of drug-likeness (QED) is 0.855. The van der Waals surface area contributed by atoms with Gasteiger partial charge in [0.25, 0.3) is 5.19 Å². The van der Waals surface area contributed by atoms with E-state index in [1.807, 2.05) is 5.38 Å². The highest BCUT2D eigenvalue weighted by Gasteiger charge is 2.39. The van der Waals surface area contributed by atoms with E-state index in [0.717, 1.165) is 0 Å². The topological polar surface area (TPSA) is 59.5 Å². The van der Waals surface area contributed by atoms with E-state index in [9.17, 15) is 8.42 Å². The van der Waals surface area contributed by atoms with E-state index in [1.165, 1.54) is 15.6 Å². The van der Waals surface area contributed by atoms with Crippen LogP contribution in [0.15, 0.2) is 34.7 Å². The molecule has 2 aromatic rings. The SMILES string of the molecule is Cc1c(Cl)cccc1S(=O)(=O)N1CC(Oc2nccs2)C1. The minimum absolute atomic E-state index is 0.148. The fourth-order valence-electron chi connectivity index (χ4n) is 2.09. The zero-order valence-electron chi connectivity index (χ0n) is 11.2. The molecule has 1 fully saturated rings. The van der Waals surface area contributed by atoms with E-state index >= 15 is 0 Å². The minimum Gasteiger partial charge on any atom is -0.464 e. The van der Waals surface area contributed by atoms with Crippen molar-refractivity contribution in [1.82, 2.24) is 9.29 Å². The maximum Gasteiger partial charge on any atom is 0.273 e.